The molecule has 0 fully saturated rings. The van der Waals surface area contributed by atoms with Gasteiger partial charge in [-0.1, -0.05) is 24.3 Å². The summed E-state index contributed by atoms with van der Waals surface area (Å²) in [5, 5.41) is 0. The fourth-order valence-electron chi connectivity index (χ4n) is 2.93. The van der Waals surface area contributed by atoms with Gasteiger partial charge in [-0.15, -0.1) is 0 Å². The number of nitrogens with zero attached hydrogens (tertiary/aromatic N) is 2. The molecule has 0 atom stereocenters. The van der Waals surface area contributed by atoms with Gasteiger partial charge in [0.15, 0.2) is 0 Å². The minimum Gasteiger partial charge on any atom is -1.00 e. The molecule has 0 radical (unpaired) electrons. The molecule has 0 N–H and O–H groups in total. The molecule has 0 unspecified atom stereocenters. The minimum atomic E-state index is 0. The van der Waals surface area contributed by atoms with Crippen LogP contribution in [0.1, 0.15) is 25.0 Å². The molecular weight excluding hydrogens is 474 g/mol. The number of halogens is 2. The summed E-state index contributed by atoms with van der Waals surface area (Å²) in [5.41, 5.74) is 3.12. The highest BCUT2D eigenvalue weighted by Gasteiger charge is 2.33. The van der Waals surface area contributed by atoms with Gasteiger partial charge in [-0.2, -0.15) is 0 Å². The van der Waals surface area contributed by atoms with E-state index in [1.165, 1.54) is 48.2 Å². The zero-order valence-corrected chi connectivity index (χ0v) is 17.5. The molecule has 2 nitrogen and oxygen atoms in total. The Morgan fingerprint density at radius 3 is 1.85 bits per heavy atom. The van der Waals surface area contributed by atoms with E-state index in [1.54, 1.807) is 11.1 Å². The molecular formula is C16H28I2N2. The summed E-state index contributed by atoms with van der Waals surface area (Å²) < 4.78 is 2.39. The van der Waals surface area contributed by atoms with Crippen molar-refractivity contribution in [2.75, 3.05) is 40.3 Å². The summed E-state index contributed by atoms with van der Waals surface area (Å²) in [7, 11) is 4.80. The van der Waals surface area contributed by atoms with Crippen molar-refractivity contribution in [3.05, 3.63) is 35.4 Å². The summed E-state index contributed by atoms with van der Waals surface area (Å²) >= 11 is 0. The molecule has 4 heteroatoms. The fraction of sp³-hybridized carbons (Fsp3) is 0.625. The molecule has 0 saturated carbocycles. The van der Waals surface area contributed by atoms with E-state index in [-0.39, 0.29) is 48.0 Å². The Morgan fingerprint density at radius 1 is 1.00 bits per heavy atom. The normalized spacial score (nSPS) is 16.0. The lowest BCUT2D eigenvalue weighted by Crippen LogP contribution is -3.00. The number of hydrogen-bond donors (Lipinski definition) is 0. The third-order valence-corrected chi connectivity index (χ3v) is 4.93. The van der Waals surface area contributed by atoms with Crippen LogP contribution in [-0.4, -0.2) is 49.2 Å². The van der Waals surface area contributed by atoms with Gasteiger partial charge in [0.2, 0.25) is 0 Å². The average Bonchev–Trinajstić information content (AvgIpc) is 2.73. The molecule has 1 heterocycles. The lowest BCUT2D eigenvalue weighted by molar-refractivity contribution is -0.972. The SMILES string of the molecule is CC[N+](C)(CC)CC[N+]1(C)Cc2ccccc2C1.[I-].[I-]. The van der Waals surface area contributed by atoms with Gasteiger partial charge >= 0.3 is 0 Å². The Kier molecular flexibility index (Phi) is 8.54. The lowest BCUT2D eigenvalue weighted by atomic mass is 10.1. The molecule has 0 saturated heterocycles. The number of fused-ring (bicyclic) bond motifs is 1. The number of benzene rings is 1. The summed E-state index contributed by atoms with van der Waals surface area (Å²) in [6.07, 6.45) is 0. The second-order valence-electron chi connectivity index (χ2n) is 6.40. The summed E-state index contributed by atoms with van der Waals surface area (Å²) in [6.45, 7) is 12.1. The Hall–Kier alpha value is 0.600. The van der Waals surface area contributed by atoms with Crippen LogP contribution >= 0.6 is 0 Å². The molecule has 2 rings (SSSR count). The molecule has 1 aromatic rings. The van der Waals surface area contributed by atoms with E-state index in [1.807, 2.05) is 0 Å². The third kappa shape index (κ3) is 4.81. The topological polar surface area (TPSA) is 0 Å². The number of likely N-dealkylation sites (N-methyl/N-ethyl adjacent to an activating group) is 2. The second kappa shape index (κ2) is 8.29. The molecule has 1 aromatic carbocycles. The fourth-order valence-corrected chi connectivity index (χ4v) is 2.93. The highest BCUT2D eigenvalue weighted by molar-refractivity contribution is 5.27. The van der Waals surface area contributed by atoms with E-state index in [2.05, 4.69) is 52.2 Å². The van der Waals surface area contributed by atoms with E-state index in [9.17, 15) is 0 Å². The molecule has 1 aliphatic rings. The van der Waals surface area contributed by atoms with Crippen molar-refractivity contribution in [1.29, 1.82) is 0 Å². The molecule has 1 aliphatic heterocycles. The van der Waals surface area contributed by atoms with Gasteiger partial charge in [0.05, 0.1) is 27.2 Å². The molecule has 20 heavy (non-hydrogen) atoms. The first-order valence-electron chi connectivity index (χ1n) is 7.24. The van der Waals surface area contributed by atoms with Crippen LogP contribution in [-0.2, 0) is 13.1 Å². The van der Waals surface area contributed by atoms with Gasteiger partial charge in [0.25, 0.3) is 0 Å². The largest absolute Gasteiger partial charge is 1.00 e. The highest BCUT2D eigenvalue weighted by atomic mass is 127. The Morgan fingerprint density at radius 2 is 1.45 bits per heavy atom. The van der Waals surface area contributed by atoms with Crippen LogP contribution in [0.25, 0.3) is 0 Å². The highest BCUT2D eigenvalue weighted by Crippen LogP contribution is 2.28. The maximum Gasteiger partial charge on any atom is 0.129 e. The quantitative estimate of drug-likeness (QED) is 0.292. The van der Waals surface area contributed by atoms with Crippen molar-refractivity contribution in [2.24, 2.45) is 0 Å². The molecule has 0 spiro atoms. The summed E-state index contributed by atoms with van der Waals surface area (Å²) in [4.78, 5) is 0. The van der Waals surface area contributed by atoms with E-state index in [0.29, 0.717) is 0 Å². The van der Waals surface area contributed by atoms with Gasteiger partial charge in [0, 0.05) is 11.1 Å². The average molecular weight is 502 g/mol. The van der Waals surface area contributed by atoms with Crippen LogP contribution in [0, 0.1) is 0 Å². The number of quaternary nitrogens is 2. The molecule has 0 amide bonds. The first-order chi connectivity index (χ1) is 8.50. The molecule has 0 aliphatic carbocycles. The van der Waals surface area contributed by atoms with Crippen molar-refractivity contribution >= 4 is 0 Å². The Bertz CT molecular complexity index is 392. The van der Waals surface area contributed by atoms with Gasteiger partial charge in [-0.05, 0) is 13.8 Å². The van der Waals surface area contributed by atoms with Gasteiger partial charge in [0.1, 0.15) is 26.2 Å². The minimum absolute atomic E-state index is 0. The maximum atomic E-state index is 2.41. The van der Waals surface area contributed by atoms with E-state index in [4.69, 9.17) is 0 Å². The van der Waals surface area contributed by atoms with E-state index in [0.717, 1.165) is 0 Å². The zero-order valence-electron chi connectivity index (χ0n) is 13.2. The molecule has 0 bridgehead atoms. The van der Waals surface area contributed by atoms with Crippen molar-refractivity contribution in [2.45, 2.75) is 26.9 Å². The van der Waals surface area contributed by atoms with Crippen LogP contribution < -0.4 is 48.0 Å². The van der Waals surface area contributed by atoms with Crippen molar-refractivity contribution in [3.8, 4) is 0 Å². The smallest absolute Gasteiger partial charge is 0.129 e. The second-order valence-corrected chi connectivity index (χ2v) is 6.40. The van der Waals surface area contributed by atoms with Crippen LogP contribution in [0.2, 0.25) is 0 Å². The van der Waals surface area contributed by atoms with Crippen LogP contribution in [0.15, 0.2) is 24.3 Å². The van der Waals surface area contributed by atoms with Crippen molar-refractivity contribution in [3.63, 3.8) is 0 Å². The van der Waals surface area contributed by atoms with Gasteiger partial charge in [-0.25, -0.2) is 0 Å². The number of rotatable bonds is 5. The Labute approximate surface area is 158 Å². The first-order valence-corrected chi connectivity index (χ1v) is 7.24. The van der Waals surface area contributed by atoms with Crippen LogP contribution in [0.3, 0.4) is 0 Å². The zero-order chi connectivity index (χ0) is 13.2. The molecule has 0 aromatic heterocycles. The predicted molar refractivity (Wildman–Crippen MR) is 77.0 cm³/mol. The van der Waals surface area contributed by atoms with E-state index < -0.39 is 0 Å². The van der Waals surface area contributed by atoms with Crippen molar-refractivity contribution < 1.29 is 56.9 Å². The lowest BCUT2D eigenvalue weighted by Gasteiger charge is -2.37. The van der Waals surface area contributed by atoms with E-state index >= 15 is 0 Å². The van der Waals surface area contributed by atoms with Crippen LogP contribution in [0.4, 0.5) is 0 Å². The summed E-state index contributed by atoms with van der Waals surface area (Å²) in [5.74, 6) is 0. The first kappa shape index (κ1) is 20.6. The Balaban J connectivity index is 0.00000180. The van der Waals surface area contributed by atoms with Crippen LogP contribution in [0.5, 0.6) is 0 Å². The third-order valence-electron chi connectivity index (χ3n) is 4.93. The monoisotopic (exact) mass is 502 g/mol. The number of hydrogen-bond acceptors (Lipinski definition) is 0. The standard InChI is InChI=1S/C16H28N2.2HI/c1-5-17(3,6-2)11-12-18(4)13-15-9-7-8-10-16(15)14-18;;/h7-10H,5-6,11-14H2,1-4H3;2*1H/q+2;;/p-2. The summed E-state index contributed by atoms with van der Waals surface area (Å²) in [6, 6.07) is 8.94. The maximum absolute atomic E-state index is 2.41. The van der Waals surface area contributed by atoms with Gasteiger partial charge in [-0.3, -0.25) is 0 Å². The predicted octanol–water partition coefficient (Wildman–Crippen LogP) is -3.36. The van der Waals surface area contributed by atoms with Crippen molar-refractivity contribution in [1.82, 2.24) is 0 Å². The molecule has 116 valence electrons. The van der Waals surface area contributed by atoms with Gasteiger partial charge < -0.3 is 56.9 Å².